The molecule has 42 heavy (non-hydrogen) atoms. The van der Waals surface area contributed by atoms with Crippen molar-refractivity contribution in [3.8, 4) is 11.5 Å². The summed E-state index contributed by atoms with van der Waals surface area (Å²) in [5, 5.41) is 3.28. The molecule has 0 spiro atoms. The van der Waals surface area contributed by atoms with E-state index >= 15 is 0 Å². The molecule has 0 aliphatic rings. The van der Waals surface area contributed by atoms with E-state index in [0.29, 0.717) is 24.1 Å². The van der Waals surface area contributed by atoms with Gasteiger partial charge in [-0.2, -0.15) is 0 Å². The second-order valence-corrected chi connectivity index (χ2v) is 10.4. The standard InChI is InChI=1S/C35H31NO6/c1-35(2,26-11-7-4-8-12-26)27-14-17-28(18-15-27)40-23-32(37)41-29-16-13-25-21-30(34(39)42-31(25)22-29)33(38)36-20-19-24-9-5-3-6-10-24/h3-18,21-22H,19-20,23H2,1-2H3,(H,36,38). The van der Waals surface area contributed by atoms with Crippen LogP contribution in [-0.4, -0.2) is 25.0 Å². The highest BCUT2D eigenvalue weighted by Gasteiger charge is 2.22. The maximum atomic E-state index is 12.6. The van der Waals surface area contributed by atoms with Crippen LogP contribution in [-0.2, 0) is 16.6 Å². The summed E-state index contributed by atoms with van der Waals surface area (Å²) in [6.07, 6.45) is 0.641. The molecule has 0 bridgehead atoms. The summed E-state index contributed by atoms with van der Waals surface area (Å²) in [7, 11) is 0. The SMILES string of the molecule is CC(C)(c1ccccc1)c1ccc(OCC(=O)Oc2ccc3cc(C(=O)NCCc4ccccc4)c(=O)oc3c2)cc1. The molecule has 1 N–H and O–H groups in total. The van der Waals surface area contributed by atoms with Crippen molar-refractivity contribution in [1.29, 1.82) is 0 Å². The molecule has 7 heteroatoms. The van der Waals surface area contributed by atoms with Gasteiger partial charge in [-0.05, 0) is 53.4 Å². The van der Waals surface area contributed by atoms with Gasteiger partial charge in [0.25, 0.3) is 5.91 Å². The molecule has 0 fully saturated rings. The average molecular weight is 562 g/mol. The first-order chi connectivity index (χ1) is 20.3. The Hall–Kier alpha value is -5.17. The van der Waals surface area contributed by atoms with Gasteiger partial charge in [-0.1, -0.05) is 86.6 Å². The van der Waals surface area contributed by atoms with E-state index in [1.807, 2.05) is 72.8 Å². The van der Waals surface area contributed by atoms with E-state index in [1.165, 1.54) is 17.7 Å². The Balaban J connectivity index is 1.16. The molecule has 1 aromatic heterocycles. The number of rotatable bonds is 10. The average Bonchev–Trinajstić information content (AvgIpc) is 3.01. The molecule has 7 nitrogen and oxygen atoms in total. The smallest absolute Gasteiger partial charge is 0.349 e. The summed E-state index contributed by atoms with van der Waals surface area (Å²) in [4.78, 5) is 37.5. The van der Waals surface area contributed by atoms with Crippen LogP contribution < -0.4 is 20.4 Å². The number of hydrogen-bond acceptors (Lipinski definition) is 6. The number of esters is 1. The van der Waals surface area contributed by atoms with Gasteiger partial charge in [-0.25, -0.2) is 9.59 Å². The maximum absolute atomic E-state index is 12.6. The summed E-state index contributed by atoms with van der Waals surface area (Å²) >= 11 is 0. The molecule has 212 valence electrons. The molecule has 0 saturated heterocycles. The molecule has 4 aromatic carbocycles. The third kappa shape index (κ3) is 6.75. The van der Waals surface area contributed by atoms with Crippen molar-refractivity contribution < 1.29 is 23.5 Å². The second kappa shape index (κ2) is 12.6. The quantitative estimate of drug-likeness (QED) is 0.126. The van der Waals surface area contributed by atoms with Crippen molar-refractivity contribution in [2.45, 2.75) is 25.7 Å². The molecule has 0 aliphatic carbocycles. The van der Waals surface area contributed by atoms with Gasteiger partial charge in [0.05, 0.1) is 0 Å². The van der Waals surface area contributed by atoms with E-state index in [-0.39, 0.29) is 28.9 Å². The monoisotopic (exact) mass is 561 g/mol. The Morgan fingerprint density at radius 2 is 1.43 bits per heavy atom. The summed E-state index contributed by atoms with van der Waals surface area (Å²) < 4.78 is 16.4. The largest absolute Gasteiger partial charge is 0.482 e. The van der Waals surface area contributed by atoms with E-state index in [1.54, 1.807) is 12.1 Å². The van der Waals surface area contributed by atoms with E-state index < -0.39 is 17.5 Å². The molecule has 1 heterocycles. The first-order valence-corrected chi connectivity index (χ1v) is 13.7. The zero-order valence-electron chi connectivity index (χ0n) is 23.5. The van der Waals surface area contributed by atoms with E-state index in [0.717, 1.165) is 11.1 Å². The minimum Gasteiger partial charge on any atom is -0.482 e. The number of carbonyl (C=O) groups is 2. The fourth-order valence-electron chi connectivity index (χ4n) is 4.67. The van der Waals surface area contributed by atoms with Crippen LogP contribution in [0.15, 0.2) is 118 Å². The van der Waals surface area contributed by atoms with Crippen LogP contribution in [0.1, 0.15) is 40.9 Å². The van der Waals surface area contributed by atoms with E-state index in [4.69, 9.17) is 13.9 Å². The number of nitrogens with one attached hydrogen (secondary N) is 1. The van der Waals surface area contributed by atoms with Gasteiger partial charge in [0.15, 0.2) is 6.61 Å². The Labute approximate surface area is 243 Å². The Morgan fingerprint density at radius 3 is 2.14 bits per heavy atom. The number of amides is 1. The van der Waals surface area contributed by atoms with Crippen LogP contribution >= 0.6 is 0 Å². The predicted octanol–water partition coefficient (Wildman–Crippen LogP) is 6.08. The number of carbonyl (C=O) groups excluding carboxylic acids is 2. The Kier molecular flexibility index (Phi) is 8.48. The minimum atomic E-state index is -0.773. The van der Waals surface area contributed by atoms with Crippen molar-refractivity contribution >= 4 is 22.8 Å². The summed E-state index contributed by atoms with van der Waals surface area (Å²) in [6, 6.07) is 33.7. The topological polar surface area (TPSA) is 94.8 Å². The van der Waals surface area contributed by atoms with Crippen LogP contribution in [0.2, 0.25) is 0 Å². The summed E-state index contributed by atoms with van der Waals surface area (Å²) in [6.45, 7) is 4.40. The molecule has 0 saturated carbocycles. The number of fused-ring (bicyclic) bond motifs is 1. The molecule has 0 atom stereocenters. The van der Waals surface area contributed by atoms with Crippen LogP contribution in [0.3, 0.4) is 0 Å². The van der Waals surface area contributed by atoms with Crippen molar-refractivity contribution in [3.63, 3.8) is 0 Å². The summed E-state index contributed by atoms with van der Waals surface area (Å²) in [5.74, 6) is -0.386. The van der Waals surface area contributed by atoms with Gasteiger partial charge < -0.3 is 19.2 Å². The maximum Gasteiger partial charge on any atom is 0.349 e. The molecule has 1 amide bonds. The van der Waals surface area contributed by atoms with Gasteiger partial charge in [0.2, 0.25) is 0 Å². The van der Waals surface area contributed by atoms with E-state index in [9.17, 15) is 14.4 Å². The molecule has 0 aliphatic heterocycles. The van der Waals surface area contributed by atoms with E-state index in [2.05, 4.69) is 31.3 Å². The third-order valence-corrected chi connectivity index (χ3v) is 7.15. The Bertz CT molecular complexity index is 1740. The number of benzene rings is 4. The molecular weight excluding hydrogens is 530 g/mol. The first kappa shape index (κ1) is 28.4. The lowest BCUT2D eigenvalue weighted by atomic mass is 9.78. The van der Waals surface area contributed by atoms with Crippen molar-refractivity contribution in [2.75, 3.05) is 13.2 Å². The van der Waals surface area contributed by atoms with Gasteiger partial charge >= 0.3 is 11.6 Å². The van der Waals surface area contributed by atoms with Crippen LogP contribution in [0.4, 0.5) is 0 Å². The van der Waals surface area contributed by atoms with Gasteiger partial charge in [0.1, 0.15) is 22.6 Å². The highest BCUT2D eigenvalue weighted by atomic mass is 16.6. The lowest BCUT2D eigenvalue weighted by Crippen LogP contribution is -2.29. The highest BCUT2D eigenvalue weighted by Crippen LogP contribution is 2.32. The fraction of sp³-hybridized carbons (Fsp3) is 0.171. The van der Waals surface area contributed by atoms with Crippen LogP contribution in [0.25, 0.3) is 11.0 Å². The zero-order valence-corrected chi connectivity index (χ0v) is 23.5. The minimum absolute atomic E-state index is 0.0909. The van der Waals surface area contributed by atoms with Crippen molar-refractivity contribution in [1.82, 2.24) is 5.32 Å². The van der Waals surface area contributed by atoms with Crippen molar-refractivity contribution in [2.24, 2.45) is 0 Å². The Morgan fingerprint density at radius 1 is 0.786 bits per heavy atom. The second-order valence-electron chi connectivity index (χ2n) is 10.4. The van der Waals surface area contributed by atoms with Crippen LogP contribution in [0.5, 0.6) is 11.5 Å². The molecule has 5 rings (SSSR count). The third-order valence-electron chi connectivity index (χ3n) is 7.15. The fourth-order valence-corrected chi connectivity index (χ4v) is 4.67. The number of hydrogen-bond donors (Lipinski definition) is 1. The lowest BCUT2D eigenvalue weighted by molar-refractivity contribution is -0.136. The molecule has 0 radical (unpaired) electrons. The zero-order chi connectivity index (χ0) is 29.5. The van der Waals surface area contributed by atoms with Gasteiger partial charge in [0, 0.05) is 23.4 Å². The summed E-state index contributed by atoms with van der Waals surface area (Å²) in [5.41, 5.74) is 2.55. The molecule has 0 unspecified atom stereocenters. The predicted molar refractivity (Wildman–Crippen MR) is 161 cm³/mol. The normalized spacial score (nSPS) is 11.2. The van der Waals surface area contributed by atoms with Crippen molar-refractivity contribution in [3.05, 3.63) is 142 Å². The lowest BCUT2D eigenvalue weighted by Gasteiger charge is -2.26. The molecular formula is C35H31NO6. The molecule has 5 aromatic rings. The highest BCUT2D eigenvalue weighted by molar-refractivity contribution is 5.96. The van der Waals surface area contributed by atoms with Gasteiger partial charge in [-0.3, -0.25) is 4.79 Å². The van der Waals surface area contributed by atoms with Gasteiger partial charge in [-0.15, -0.1) is 0 Å². The first-order valence-electron chi connectivity index (χ1n) is 13.7. The number of ether oxygens (including phenoxy) is 2. The van der Waals surface area contributed by atoms with Crippen LogP contribution in [0, 0.1) is 0 Å².